The van der Waals surface area contributed by atoms with Crippen molar-refractivity contribution in [3.63, 3.8) is 0 Å². The fraction of sp³-hybridized carbons (Fsp3) is 0.269. The zero-order valence-electron chi connectivity index (χ0n) is 18.3. The number of likely N-dealkylation sites (tertiary alicyclic amines) is 1. The summed E-state index contributed by atoms with van der Waals surface area (Å²) in [4.78, 5) is 42.9. The number of imide groups is 1. The summed E-state index contributed by atoms with van der Waals surface area (Å²) in [6.45, 7) is 2.40. The summed E-state index contributed by atoms with van der Waals surface area (Å²) in [7, 11) is 1.68. The van der Waals surface area contributed by atoms with Crippen LogP contribution in [0.4, 0.5) is 0 Å². The Hall–Kier alpha value is -3.67. The molecule has 1 saturated heterocycles. The minimum Gasteiger partial charge on any atom is -0.467 e. The van der Waals surface area contributed by atoms with E-state index < -0.39 is 5.41 Å². The van der Waals surface area contributed by atoms with Gasteiger partial charge in [-0.1, -0.05) is 54.6 Å². The fourth-order valence-electron chi connectivity index (χ4n) is 4.40. The van der Waals surface area contributed by atoms with E-state index >= 15 is 0 Å². The quantitative estimate of drug-likeness (QED) is 0.534. The minimum atomic E-state index is -1.22. The lowest BCUT2D eigenvalue weighted by molar-refractivity contribution is -0.143. The molecule has 3 aromatic rings. The summed E-state index contributed by atoms with van der Waals surface area (Å²) in [5, 5.41) is 0. The molecule has 32 heavy (non-hydrogen) atoms. The van der Waals surface area contributed by atoms with Gasteiger partial charge in [-0.25, -0.2) is 0 Å². The predicted molar refractivity (Wildman–Crippen MR) is 119 cm³/mol. The Balaban J connectivity index is 1.66. The molecule has 0 radical (unpaired) electrons. The first kappa shape index (κ1) is 21.6. The van der Waals surface area contributed by atoms with Gasteiger partial charge in [-0.2, -0.15) is 0 Å². The van der Waals surface area contributed by atoms with Crippen LogP contribution < -0.4 is 0 Å². The van der Waals surface area contributed by atoms with E-state index in [1.165, 1.54) is 9.80 Å². The third kappa shape index (κ3) is 4.08. The number of hydrogen-bond donors (Lipinski definition) is 0. The first-order chi connectivity index (χ1) is 15.4. The van der Waals surface area contributed by atoms with E-state index in [0.717, 1.165) is 16.7 Å². The Morgan fingerprint density at radius 1 is 1.03 bits per heavy atom. The number of carbonyl (C=O) groups is 3. The molecule has 1 aliphatic heterocycles. The number of furan rings is 1. The molecule has 4 rings (SSSR count). The van der Waals surface area contributed by atoms with Crippen LogP contribution in [0.25, 0.3) is 0 Å². The van der Waals surface area contributed by atoms with Crippen molar-refractivity contribution in [1.82, 2.24) is 9.80 Å². The van der Waals surface area contributed by atoms with Gasteiger partial charge in [0.25, 0.3) is 0 Å². The van der Waals surface area contributed by atoms with E-state index in [1.54, 1.807) is 25.4 Å². The third-order valence-electron chi connectivity index (χ3n) is 6.10. The van der Waals surface area contributed by atoms with Crippen molar-refractivity contribution in [3.8, 4) is 0 Å². The smallest absolute Gasteiger partial charge is 0.241 e. The molecular formula is C26H26N2O4. The van der Waals surface area contributed by atoms with E-state index in [2.05, 4.69) is 0 Å². The monoisotopic (exact) mass is 430 g/mol. The molecule has 1 aromatic heterocycles. The Kier molecular flexibility index (Phi) is 5.95. The van der Waals surface area contributed by atoms with E-state index in [9.17, 15) is 14.4 Å². The highest BCUT2D eigenvalue weighted by Gasteiger charge is 2.54. The Bertz CT molecular complexity index is 1120. The van der Waals surface area contributed by atoms with Gasteiger partial charge in [0.15, 0.2) is 0 Å². The molecule has 0 spiro atoms. The predicted octanol–water partition coefficient (Wildman–Crippen LogP) is 3.83. The Labute approximate surface area is 187 Å². The standard InChI is InChI=1S/C26H26N2O4/c1-19-9-6-7-13-22(19)26(15-23(29)27(2)18-21-12-8-14-32-21)16-24(30)28(25(26)31)17-20-10-4-3-5-11-20/h3-14H,15-18H2,1-2H3. The highest BCUT2D eigenvalue weighted by molar-refractivity contribution is 6.10. The highest BCUT2D eigenvalue weighted by Crippen LogP contribution is 2.42. The maximum atomic E-state index is 13.8. The van der Waals surface area contributed by atoms with Crippen molar-refractivity contribution in [2.24, 2.45) is 0 Å². The van der Waals surface area contributed by atoms with Gasteiger partial charge in [0.05, 0.1) is 24.8 Å². The summed E-state index contributed by atoms with van der Waals surface area (Å²) in [5.41, 5.74) is 1.27. The third-order valence-corrected chi connectivity index (χ3v) is 6.10. The first-order valence-electron chi connectivity index (χ1n) is 10.6. The first-order valence-corrected chi connectivity index (χ1v) is 10.6. The average molecular weight is 431 g/mol. The SMILES string of the molecule is Cc1ccccc1C1(CC(=O)N(C)Cc2ccco2)CC(=O)N(Cc2ccccc2)C1=O. The number of nitrogens with zero attached hydrogens (tertiary/aromatic N) is 2. The second kappa shape index (κ2) is 8.83. The molecule has 2 heterocycles. The van der Waals surface area contributed by atoms with Crippen LogP contribution in [0, 0.1) is 6.92 Å². The molecule has 3 amide bonds. The molecule has 2 aromatic carbocycles. The number of amides is 3. The molecule has 0 aliphatic carbocycles. The van der Waals surface area contributed by atoms with Gasteiger partial charge >= 0.3 is 0 Å². The summed E-state index contributed by atoms with van der Waals surface area (Å²) >= 11 is 0. The van der Waals surface area contributed by atoms with Crippen molar-refractivity contribution in [2.75, 3.05) is 7.05 Å². The van der Waals surface area contributed by atoms with Crippen LogP contribution in [-0.2, 0) is 32.9 Å². The largest absolute Gasteiger partial charge is 0.467 e. The zero-order chi connectivity index (χ0) is 22.7. The maximum absolute atomic E-state index is 13.8. The summed E-state index contributed by atoms with van der Waals surface area (Å²) in [5.74, 6) is -0.137. The van der Waals surface area contributed by atoms with Crippen molar-refractivity contribution in [1.29, 1.82) is 0 Å². The number of hydrogen-bond acceptors (Lipinski definition) is 4. The van der Waals surface area contributed by atoms with Crippen LogP contribution in [0.2, 0.25) is 0 Å². The molecule has 1 aliphatic rings. The van der Waals surface area contributed by atoms with E-state index in [4.69, 9.17) is 4.42 Å². The fourth-order valence-corrected chi connectivity index (χ4v) is 4.40. The zero-order valence-corrected chi connectivity index (χ0v) is 18.3. The second-order valence-electron chi connectivity index (χ2n) is 8.35. The highest BCUT2D eigenvalue weighted by atomic mass is 16.3. The van der Waals surface area contributed by atoms with Gasteiger partial charge in [0.1, 0.15) is 5.76 Å². The van der Waals surface area contributed by atoms with Crippen molar-refractivity contribution in [2.45, 2.75) is 38.3 Å². The lowest BCUT2D eigenvalue weighted by atomic mass is 9.74. The molecular weight excluding hydrogens is 404 g/mol. The number of rotatable bonds is 7. The van der Waals surface area contributed by atoms with Gasteiger partial charge in [0.2, 0.25) is 17.7 Å². The Morgan fingerprint density at radius 3 is 2.44 bits per heavy atom. The van der Waals surface area contributed by atoms with Crippen molar-refractivity contribution >= 4 is 17.7 Å². The lowest BCUT2D eigenvalue weighted by Crippen LogP contribution is -2.42. The van der Waals surface area contributed by atoms with Gasteiger partial charge < -0.3 is 9.32 Å². The van der Waals surface area contributed by atoms with Gasteiger partial charge in [0, 0.05) is 19.9 Å². The molecule has 1 fully saturated rings. The number of carbonyl (C=O) groups excluding carboxylic acids is 3. The van der Waals surface area contributed by atoms with Crippen LogP contribution >= 0.6 is 0 Å². The van der Waals surface area contributed by atoms with Gasteiger partial charge in [-0.3, -0.25) is 19.3 Å². The van der Waals surface area contributed by atoms with Gasteiger partial charge in [-0.15, -0.1) is 0 Å². The number of benzene rings is 2. The number of aryl methyl sites for hydroxylation is 1. The normalized spacial score (nSPS) is 18.2. The van der Waals surface area contributed by atoms with Crippen LogP contribution in [0.1, 0.15) is 35.3 Å². The van der Waals surface area contributed by atoms with E-state index in [-0.39, 0.29) is 37.1 Å². The Morgan fingerprint density at radius 2 is 1.75 bits per heavy atom. The maximum Gasteiger partial charge on any atom is 0.241 e. The molecule has 164 valence electrons. The molecule has 0 N–H and O–H groups in total. The summed E-state index contributed by atoms with van der Waals surface area (Å²) < 4.78 is 5.35. The lowest BCUT2D eigenvalue weighted by Gasteiger charge is -2.30. The molecule has 1 atom stereocenters. The molecule has 6 nitrogen and oxygen atoms in total. The molecule has 0 saturated carbocycles. The summed E-state index contributed by atoms with van der Waals surface area (Å²) in [6.07, 6.45) is 1.46. The van der Waals surface area contributed by atoms with E-state index in [1.807, 2.05) is 61.5 Å². The van der Waals surface area contributed by atoms with Crippen LogP contribution in [0.15, 0.2) is 77.4 Å². The molecule has 0 bridgehead atoms. The topological polar surface area (TPSA) is 70.8 Å². The summed E-state index contributed by atoms with van der Waals surface area (Å²) in [6, 6.07) is 20.5. The van der Waals surface area contributed by atoms with E-state index in [0.29, 0.717) is 12.3 Å². The molecule has 1 unspecified atom stereocenters. The van der Waals surface area contributed by atoms with Crippen LogP contribution in [0.3, 0.4) is 0 Å². The van der Waals surface area contributed by atoms with Crippen molar-refractivity contribution < 1.29 is 18.8 Å². The van der Waals surface area contributed by atoms with Crippen LogP contribution in [-0.4, -0.2) is 34.6 Å². The average Bonchev–Trinajstić information content (AvgIpc) is 3.37. The minimum absolute atomic E-state index is 0.0240. The van der Waals surface area contributed by atoms with Crippen molar-refractivity contribution in [3.05, 3.63) is 95.4 Å². The van der Waals surface area contributed by atoms with Crippen LogP contribution in [0.5, 0.6) is 0 Å². The van der Waals surface area contributed by atoms with Gasteiger partial charge in [-0.05, 0) is 35.7 Å². The second-order valence-corrected chi connectivity index (χ2v) is 8.35. The molecule has 6 heteroatoms.